The SMILES string of the molecule is CC(C)(C)[Si](C)(C)OC1CC(N=[N+]=[N-])CN(C(=O)O)C1. The predicted octanol–water partition coefficient (Wildman–Crippen LogP) is 3.44. The minimum Gasteiger partial charge on any atom is -0.465 e. The first-order valence-corrected chi connectivity index (χ1v) is 9.67. The number of likely N-dealkylation sites (tertiary alicyclic amines) is 1. The van der Waals surface area contributed by atoms with Gasteiger partial charge in [0.25, 0.3) is 0 Å². The number of azide groups is 1. The zero-order valence-electron chi connectivity index (χ0n) is 12.8. The minimum absolute atomic E-state index is 0.0620. The molecule has 0 radical (unpaired) electrons. The third-order valence-corrected chi connectivity index (χ3v) is 8.68. The fourth-order valence-corrected chi connectivity index (χ4v) is 3.38. The zero-order chi connectivity index (χ0) is 15.6. The fraction of sp³-hybridized carbons (Fsp3) is 0.917. The van der Waals surface area contributed by atoms with E-state index in [1.54, 1.807) is 0 Å². The van der Waals surface area contributed by atoms with E-state index < -0.39 is 14.4 Å². The molecule has 2 unspecified atom stereocenters. The van der Waals surface area contributed by atoms with E-state index in [-0.39, 0.29) is 23.7 Å². The van der Waals surface area contributed by atoms with Crippen molar-refractivity contribution in [3.63, 3.8) is 0 Å². The Hall–Kier alpha value is -1.24. The molecule has 1 amide bonds. The lowest BCUT2D eigenvalue weighted by atomic mass is 10.0. The standard InChI is InChI=1S/C12H24N4O3Si/c1-12(2,3)20(4,5)19-10-6-9(14-15-13)7-16(8-10)11(17)18/h9-10H,6-8H2,1-5H3,(H,17,18). The van der Waals surface area contributed by atoms with Gasteiger partial charge in [-0.3, -0.25) is 0 Å². The van der Waals surface area contributed by atoms with Crippen LogP contribution < -0.4 is 0 Å². The van der Waals surface area contributed by atoms with Gasteiger partial charge in [0.05, 0.1) is 12.1 Å². The van der Waals surface area contributed by atoms with Crippen molar-refractivity contribution in [2.24, 2.45) is 5.11 Å². The highest BCUT2D eigenvalue weighted by Gasteiger charge is 2.41. The van der Waals surface area contributed by atoms with Gasteiger partial charge in [0.15, 0.2) is 8.32 Å². The van der Waals surface area contributed by atoms with Crippen LogP contribution in [0.2, 0.25) is 18.1 Å². The van der Waals surface area contributed by atoms with E-state index in [0.29, 0.717) is 13.0 Å². The lowest BCUT2D eigenvalue weighted by molar-refractivity contribution is 0.0635. The molecule has 0 bridgehead atoms. The molecule has 0 aromatic rings. The van der Waals surface area contributed by atoms with E-state index in [1.165, 1.54) is 4.90 Å². The van der Waals surface area contributed by atoms with Crippen LogP contribution in [0.15, 0.2) is 5.11 Å². The summed E-state index contributed by atoms with van der Waals surface area (Å²) >= 11 is 0. The zero-order valence-corrected chi connectivity index (χ0v) is 13.8. The van der Waals surface area contributed by atoms with Crippen molar-refractivity contribution in [1.29, 1.82) is 0 Å². The molecular weight excluding hydrogens is 276 g/mol. The summed E-state index contributed by atoms with van der Waals surface area (Å²) in [5.41, 5.74) is 8.55. The van der Waals surface area contributed by atoms with Crippen molar-refractivity contribution in [3.8, 4) is 0 Å². The summed E-state index contributed by atoms with van der Waals surface area (Å²) in [6.07, 6.45) is -0.608. The van der Waals surface area contributed by atoms with Crippen LogP contribution in [0.25, 0.3) is 10.4 Å². The van der Waals surface area contributed by atoms with Crippen molar-refractivity contribution < 1.29 is 14.3 Å². The Bertz CT molecular complexity index is 405. The molecule has 0 spiro atoms. The van der Waals surface area contributed by atoms with E-state index in [2.05, 4.69) is 43.9 Å². The molecule has 8 heteroatoms. The Labute approximate surface area is 120 Å². The Morgan fingerprint density at radius 1 is 1.45 bits per heavy atom. The molecule has 0 aromatic carbocycles. The predicted molar refractivity (Wildman–Crippen MR) is 79.2 cm³/mol. The molecule has 0 saturated carbocycles. The highest BCUT2D eigenvalue weighted by Crippen LogP contribution is 2.38. The molecule has 1 saturated heterocycles. The normalized spacial score (nSPS) is 24.1. The first kappa shape index (κ1) is 16.8. The van der Waals surface area contributed by atoms with Gasteiger partial charge in [0, 0.05) is 18.0 Å². The topological polar surface area (TPSA) is 98.5 Å². The van der Waals surface area contributed by atoms with E-state index in [4.69, 9.17) is 15.1 Å². The highest BCUT2D eigenvalue weighted by molar-refractivity contribution is 6.74. The van der Waals surface area contributed by atoms with Gasteiger partial charge in [-0.15, -0.1) is 0 Å². The van der Waals surface area contributed by atoms with Gasteiger partial charge in [0.1, 0.15) is 0 Å². The number of piperidine rings is 1. The molecule has 1 aliphatic heterocycles. The maximum Gasteiger partial charge on any atom is 0.407 e. The fourth-order valence-electron chi connectivity index (χ4n) is 2.02. The minimum atomic E-state index is -1.96. The summed E-state index contributed by atoms with van der Waals surface area (Å²) in [6.45, 7) is 11.3. The summed E-state index contributed by atoms with van der Waals surface area (Å²) in [5.74, 6) is 0. The number of carbonyl (C=O) groups is 1. The van der Waals surface area contributed by atoms with Crippen molar-refractivity contribution in [1.82, 2.24) is 4.90 Å². The number of nitrogens with zero attached hydrogens (tertiary/aromatic N) is 4. The van der Waals surface area contributed by atoms with Gasteiger partial charge in [-0.1, -0.05) is 25.9 Å². The Balaban J connectivity index is 2.83. The number of hydrogen-bond donors (Lipinski definition) is 1. The van der Waals surface area contributed by atoms with Gasteiger partial charge in [-0.05, 0) is 30.1 Å². The molecule has 1 N–H and O–H groups in total. The van der Waals surface area contributed by atoms with Crippen molar-refractivity contribution in [2.45, 2.75) is 57.5 Å². The Morgan fingerprint density at radius 2 is 2.05 bits per heavy atom. The average Bonchev–Trinajstić information content (AvgIpc) is 2.26. The van der Waals surface area contributed by atoms with Gasteiger partial charge in [0.2, 0.25) is 0 Å². The van der Waals surface area contributed by atoms with Gasteiger partial charge < -0.3 is 14.4 Å². The number of amides is 1. The molecule has 2 atom stereocenters. The van der Waals surface area contributed by atoms with Crippen LogP contribution in [0.4, 0.5) is 4.79 Å². The summed E-state index contributed by atoms with van der Waals surface area (Å²) in [4.78, 5) is 15.2. The number of rotatable bonds is 3. The molecular formula is C12H24N4O3Si. The van der Waals surface area contributed by atoms with E-state index in [9.17, 15) is 4.79 Å². The highest BCUT2D eigenvalue weighted by atomic mass is 28.4. The molecule has 1 aliphatic rings. The van der Waals surface area contributed by atoms with Crippen molar-refractivity contribution in [2.75, 3.05) is 13.1 Å². The van der Waals surface area contributed by atoms with E-state index in [0.717, 1.165) is 0 Å². The van der Waals surface area contributed by atoms with E-state index >= 15 is 0 Å². The third kappa shape index (κ3) is 4.13. The molecule has 7 nitrogen and oxygen atoms in total. The summed E-state index contributed by atoms with van der Waals surface area (Å²) in [7, 11) is -1.96. The average molecular weight is 300 g/mol. The number of carboxylic acid groups (broad SMARTS) is 1. The molecule has 114 valence electrons. The Kier molecular flexibility index (Phi) is 5.07. The van der Waals surface area contributed by atoms with Crippen molar-refractivity contribution >= 4 is 14.4 Å². The van der Waals surface area contributed by atoms with Gasteiger partial charge >= 0.3 is 6.09 Å². The molecule has 1 heterocycles. The van der Waals surface area contributed by atoms with Crippen LogP contribution in [-0.4, -0.2) is 49.7 Å². The van der Waals surface area contributed by atoms with Crippen LogP contribution in [0.1, 0.15) is 27.2 Å². The van der Waals surface area contributed by atoms with Gasteiger partial charge in [-0.25, -0.2) is 4.79 Å². The van der Waals surface area contributed by atoms with Crippen LogP contribution in [0, 0.1) is 0 Å². The lowest BCUT2D eigenvalue weighted by Crippen LogP contribution is -2.53. The largest absolute Gasteiger partial charge is 0.465 e. The second kappa shape index (κ2) is 6.03. The molecule has 1 rings (SSSR count). The molecule has 20 heavy (non-hydrogen) atoms. The second-order valence-electron chi connectivity index (χ2n) is 6.78. The van der Waals surface area contributed by atoms with Crippen LogP contribution in [-0.2, 0) is 4.43 Å². The third-order valence-electron chi connectivity index (χ3n) is 4.14. The quantitative estimate of drug-likeness (QED) is 0.374. The maximum absolute atomic E-state index is 11.2. The smallest absolute Gasteiger partial charge is 0.407 e. The second-order valence-corrected chi connectivity index (χ2v) is 11.5. The molecule has 1 fully saturated rings. The lowest BCUT2D eigenvalue weighted by Gasteiger charge is -2.43. The molecule has 0 aromatic heterocycles. The van der Waals surface area contributed by atoms with E-state index in [1.807, 2.05) is 0 Å². The first-order valence-electron chi connectivity index (χ1n) is 6.76. The number of hydrogen-bond acceptors (Lipinski definition) is 3. The first-order chi connectivity index (χ1) is 9.06. The van der Waals surface area contributed by atoms with Gasteiger partial charge in [-0.2, -0.15) is 0 Å². The monoisotopic (exact) mass is 300 g/mol. The summed E-state index contributed by atoms with van der Waals surface area (Å²) in [5, 5.41) is 12.9. The van der Waals surface area contributed by atoms with Crippen LogP contribution >= 0.6 is 0 Å². The van der Waals surface area contributed by atoms with Crippen molar-refractivity contribution in [3.05, 3.63) is 10.4 Å². The van der Waals surface area contributed by atoms with Crippen LogP contribution in [0.5, 0.6) is 0 Å². The molecule has 0 aliphatic carbocycles. The van der Waals surface area contributed by atoms with Crippen LogP contribution in [0.3, 0.4) is 0 Å². The summed E-state index contributed by atoms with van der Waals surface area (Å²) < 4.78 is 6.25. The summed E-state index contributed by atoms with van der Waals surface area (Å²) in [6, 6.07) is -0.348. The maximum atomic E-state index is 11.2. The Morgan fingerprint density at radius 3 is 2.50 bits per heavy atom.